The number of aromatic amines is 1. The first-order chi connectivity index (χ1) is 18.6. The first-order valence-corrected chi connectivity index (χ1v) is 12.8. The van der Waals surface area contributed by atoms with E-state index in [4.69, 9.17) is 13.9 Å². The Bertz CT molecular complexity index is 1470. The number of carbonyl (C=O) groups excluding carboxylic acids is 1. The van der Waals surface area contributed by atoms with Crippen molar-refractivity contribution in [3.05, 3.63) is 70.2 Å². The topological polar surface area (TPSA) is 132 Å². The van der Waals surface area contributed by atoms with E-state index < -0.39 is 6.04 Å². The number of hydrogen-bond donors (Lipinski definition) is 1. The molecule has 3 aromatic heterocycles. The van der Waals surface area contributed by atoms with Crippen LogP contribution in [0.2, 0.25) is 0 Å². The van der Waals surface area contributed by atoms with E-state index in [1.54, 1.807) is 34.9 Å². The summed E-state index contributed by atoms with van der Waals surface area (Å²) < 4.78 is 18.2. The molecule has 0 bridgehead atoms. The average Bonchev–Trinajstić information content (AvgIpc) is 3.73. The number of hydrogen-bond acceptors (Lipinski definition) is 9. The first kappa shape index (κ1) is 24.3. The lowest BCUT2D eigenvalue weighted by Gasteiger charge is -2.38. The molecule has 2 aliphatic heterocycles. The van der Waals surface area contributed by atoms with E-state index in [0.717, 1.165) is 24.8 Å². The zero-order valence-corrected chi connectivity index (χ0v) is 21.1. The zero-order chi connectivity index (χ0) is 26.1. The number of aromatic nitrogens is 5. The number of piperazine rings is 1. The second-order valence-electron chi connectivity index (χ2n) is 9.57. The molecule has 12 nitrogen and oxygen atoms in total. The molecule has 2 fully saturated rings. The van der Waals surface area contributed by atoms with Gasteiger partial charge >= 0.3 is 0 Å². The minimum Gasteiger partial charge on any atom is -0.497 e. The number of ether oxygens (including phenoxy) is 2. The number of carbonyl (C=O) groups is 1. The number of nitrogens with zero attached hydrogens (tertiary/aromatic N) is 6. The second kappa shape index (κ2) is 10.4. The number of tetrazole rings is 1. The lowest BCUT2D eigenvalue weighted by molar-refractivity contribution is 0.0550. The highest BCUT2D eigenvalue weighted by molar-refractivity contribution is 5.91. The lowest BCUT2D eigenvalue weighted by Crippen LogP contribution is -2.50. The van der Waals surface area contributed by atoms with Crippen LogP contribution in [0.4, 0.5) is 0 Å². The van der Waals surface area contributed by atoms with Crippen molar-refractivity contribution in [2.75, 3.05) is 39.9 Å². The van der Waals surface area contributed by atoms with Crippen molar-refractivity contribution in [2.24, 2.45) is 0 Å². The summed E-state index contributed by atoms with van der Waals surface area (Å²) in [6.07, 6.45) is 3.47. The van der Waals surface area contributed by atoms with Crippen LogP contribution in [0.25, 0.3) is 10.9 Å². The first-order valence-electron chi connectivity index (χ1n) is 12.8. The summed E-state index contributed by atoms with van der Waals surface area (Å²) >= 11 is 0. The number of methoxy groups -OCH3 is 1. The Morgan fingerprint density at radius 1 is 1.21 bits per heavy atom. The van der Waals surface area contributed by atoms with Gasteiger partial charge in [0.2, 0.25) is 0 Å². The van der Waals surface area contributed by atoms with Gasteiger partial charge < -0.3 is 23.8 Å². The summed E-state index contributed by atoms with van der Waals surface area (Å²) in [5.74, 6) is 1.41. The van der Waals surface area contributed by atoms with Gasteiger partial charge in [0.1, 0.15) is 11.8 Å². The fourth-order valence-corrected chi connectivity index (χ4v) is 5.28. The molecule has 1 N–H and O–H groups in total. The number of rotatable bonds is 7. The second-order valence-corrected chi connectivity index (χ2v) is 9.57. The summed E-state index contributed by atoms with van der Waals surface area (Å²) in [4.78, 5) is 33.3. The number of nitrogens with one attached hydrogen (secondary N) is 1. The maximum atomic E-state index is 13.5. The monoisotopic (exact) mass is 519 g/mol. The number of benzene rings is 1. The molecular weight excluding hydrogens is 490 g/mol. The Morgan fingerprint density at radius 2 is 2.08 bits per heavy atom. The van der Waals surface area contributed by atoms with Crippen molar-refractivity contribution in [2.45, 2.75) is 31.5 Å². The molecule has 2 aliphatic rings. The van der Waals surface area contributed by atoms with Gasteiger partial charge in [0.05, 0.1) is 31.5 Å². The van der Waals surface area contributed by atoms with E-state index in [9.17, 15) is 9.59 Å². The van der Waals surface area contributed by atoms with E-state index in [1.165, 1.54) is 6.26 Å². The molecule has 0 radical (unpaired) electrons. The van der Waals surface area contributed by atoms with Crippen molar-refractivity contribution in [3.8, 4) is 5.75 Å². The van der Waals surface area contributed by atoms with Crippen molar-refractivity contribution in [3.63, 3.8) is 0 Å². The quantitative estimate of drug-likeness (QED) is 0.388. The summed E-state index contributed by atoms with van der Waals surface area (Å²) in [5.41, 5.74) is 0.998. The Morgan fingerprint density at radius 3 is 2.82 bits per heavy atom. The molecular formula is C26H29N7O5. The van der Waals surface area contributed by atoms with Crippen LogP contribution in [0, 0.1) is 0 Å². The Balaban J connectivity index is 1.35. The van der Waals surface area contributed by atoms with Crippen LogP contribution in [0.1, 0.15) is 40.8 Å². The smallest absolute Gasteiger partial charge is 0.289 e. The van der Waals surface area contributed by atoms with E-state index >= 15 is 0 Å². The highest BCUT2D eigenvalue weighted by atomic mass is 16.5. The third-order valence-electron chi connectivity index (χ3n) is 7.28. The number of amides is 1. The standard InChI is InChI=1S/C26H29N7O5/c1-36-18-7-6-17-14-20(25(34)27-21(17)15-18)23(24-28-29-30-33(24)16-19-4-2-12-37-19)31-8-10-32(11-9-31)26(35)22-5-3-13-38-22/h3,5-7,13-15,19,23H,2,4,8-12,16H2,1H3,(H,27,34)/t19-,23-/m0/s1. The molecule has 0 unspecified atom stereocenters. The highest BCUT2D eigenvalue weighted by Gasteiger charge is 2.34. The normalized spacial score (nSPS) is 19.2. The van der Waals surface area contributed by atoms with Crippen LogP contribution in [-0.2, 0) is 11.3 Å². The summed E-state index contributed by atoms with van der Waals surface area (Å²) in [6.45, 7) is 3.26. The van der Waals surface area contributed by atoms with Gasteiger partial charge in [-0.05, 0) is 59.0 Å². The van der Waals surface area contributed by atoms with Gasteiger partial charge in [-0.25, -0.2) is 4.68 Å². The Kier molecular flexibility index (Phi) is 6.64. The molecule has 1 amide bonds. The highest BCUT2D eigenvalue weighted by Crippen LogP contribution is 2.29. The predicted molar refractivity (Wildman–Crippen MR) is 136 cm³/mol. The van der Waals surface area contributed by atoms with Gasteiger partial charge in [-0.3, -0.25) is 14.5 Å². The van der Waals surface area contributed by atoms with E-state index in [-0.39, 0.29) is 17.6 Å². The average molecular weight is 520 g/mol. The van der Waals surface area contributed by atoms with Crippen molar-refractivity contribution in [1.29, 1.82) is 0 Å². The molecule has 12 heteroatoms. The van der Waals surface area contributed by atoms with Gasteiger partial charge in [0.25, 0.3) is 11.5 Å². The molecule has 2 atom stereocenters. The number of H-pyrrole nitrogens is 1. The molecule has 1 aromatic carbocycles. The predicted octanol–water partition coefficient (Wildman–Crippen LogP) is 1.84. The number of fused-ring (bicyclic) bond motifs is 1. The molecule has 0 saturated carbocycles. The molecule has 198 valence electrons. The van der Waals surface area contributed by atoms with Crippen LogP contribution < -0.4 is 10.3 Å². The maximum absolute atomic E-state index is 13.5. The lowest BCUT2D eigenvalue weighted by atomic mass is 10.0. The maximum Gasteiger partial charge on any atom is 0.289 e. The fraction of sp³-hybridized carbons (Fsp3) is 0.423. The summed E-state index contributed by atoms with van der Waals surface area (Å²) in [5, 5.41) is 13.5. The molecule has 5 heterocycles. The van der Waals surface area contributed by atoms with Crippen LogP contribution >= 0.6 is 0 Å². The number of furan rings is 1. The van der Waals surface area contributed by atoms with E-state index in [0.29, 0.717) is 61.1 Å². The van der Waals surface area contributed by atoms with Crippen molar-refractivity contribution in [1.82, 2.24) is 35.0 Å². The molecule has 0 aliphatic carbocycles. The fourth-order valence-electron chi connectivity index (χ4n) is 5.28. The molecule has 2 saturated heterocycles. The van der Waals surface area contributed by atoms with E-state index in [1.807, 2.05) is 18.2 Å². The minimum absolute atomic E-state index is 0.0306. The Labute approximate surface area is 218 Å². The van der Waals surface area contributed by atoms with Crippen molar-refractivity contribution >= 4 is 16.8 Å². The van der Waals surface area contributed by atoms with Gasteiger partial charge in [0, 0.05) is 44.4 Å². The largest absolute Gasteiger partial charge is 0.497 e. The minimum atomic E-state index is -0.512. The van der Waals surface area contributed by atoms with Gasteiger partial charge in [0.15, 0.2) is 11.6 Å². The van der Waals surface area contributed by atoms with Gasteiger partial charge in [-0.2, -0.15) is 0 Å². The molecule has 4 aromatic rings. The third-order valence-corrected chi connectivity index (χ3v) is 7.28. The van der Waals surface area contributed by atoms with Crippen molar-refractivity contribution < 1.29 is 18.7 Å². The van der Waals surface area contributed by atoms with Gasteiger partial charge in [-0.15, -0.1) is 5.10 Å². The van der Waals surface area contributed by atoms with Crippen LogP contribution in [0.3, 0.4) is 0 Å². The summed E-state index contributed by atoms with van der Waals surface area (Å²) in [7, 11) is 1.59. The van der Waals surface area contributed by atoms with Crippen LogP contribution in [-0.4, -0.2) is 86.9 Å². The van der Waals surface area contributed by atoms with Crippen LogP contribution in [0.5, 0.6) is 5.75 Å². The number of pyridine rings is 1. The molecule has 0 spiro atoms. The SMILES string of the molecule is COc1ccc2cc([C@@H](c3nnnn3C[C@@H]3CCCO3)N3CCN(C(=O)c4ccco4)CC3)c(=O)[nH]c2c1. The summed E-state index contributed by atoms with van der Waals surface area (Å²) in [6, 6.07) is 10.3. The zero-order valence-electron chi connectivity index (χ0n) is 21.1. The van der Waals surface area contributed by atoms with E-state index in [2.05, 4.69) is 25.4 Å². The molecule has 6 rings (SSSR count). The molecule has 38 heavy (non-hydrogen) atoms. The Hall–Kier alpha value is -4.03. The van der Waals surface area contributed by atoms with Gasteiger partial charge in [-0.1, -0.05) is 0 Å². The third kappa shape index (κ3) is 4.68. The van der Waals surface area contributed by atoms with Crippen LogP contribution in [0.15, 0.2) is 51.9 Å².